The molecule has 2 heterocycles. The quantitative estimate of drug-likeness (QED) is 0.103. The topological polar surface area (TPSA) is 181 Å². The predicted octanol–water partition coefficient (Wildman–Crippen LogP) is 5.56. The third-order valence-corrected chi connectivity index (χ3v) is 12.4. The lowest BCUT2D eigenvalue weighted by molar-refractivity contribution is -0.288. The summed E-state index contributed by atoms with van der Waals surface area (Å²) >= 11 is 3.75. The fraction of sp³-hybridized carbons (Fsp3) is 0.409. The molecule has 0 saturated carbocycles. The number of aliphatic hydroxyl groups excluding tert-OH is 1. The Morgan fingerprint density at radius 1 is 0.780 bits per heavy atom. The van der Waals surface area contributed by atoms with Gasteiger partial charge in [-0.05, 0) is 53.0 Å². The van der Waals surface area contributed by atoms with Gasteiger partial charge in [0, 0.05) is 39.5 Å². The van der Waals surface area contributed by atoms with Crippen molar-refractivity contribution in [2.45, 2.75) is 95.5 Å². The van der Waals surface area contributed by atoms with Crippen LogP contribution in [0.5, 0.6) is 5.75 Å². The van der Waals surface area contributed by atoms with Gasteiger partial charge in [-0.15, -0.1) is 0 Å². The molecule has 0 bridgehead atoms. The molecule has 0 aromatic heterocycles. The molecule has 0 spiro atoms. The largest absolute Gasteiger partial charge is 0.463 e. The lowest BCUT2D eigenvalue weighted by atomic mass is 9.64. The van der Waals surface area contributed by atoms with Crippen LogP contribution < -0.4 is 9.64 Å². The molecule has 3 aromatic rings. The summed E-state index contributed by atoms with van der Waals surface area (Å²) < 4.78 is 32.4. The Balaban J connectivity index is 1.35. The second kappa shape index (κ2) is 17.5. The lowest BCUT2D eigenvalue weighted by Crippen LogP contribution is -2.63. The molecule has 0 radical (unpaired) electrons. The number of hydrogen-bond acceptors (Lipinski definition) is 13. The number of carbonyl (C=O) groups is 6. The number of ether oxygens (including phenoxy) is 6. The number of alkyl halides is 1. The van der Waals surface area contributed by atoms with Crippen LogP contribution in [-0.2, 0) is 52.5 Å². The van der Waals surface area contributed by atoms with E-state index in [1.807, 2.05) is 74.5 Å². The number of aliphatic hydroxyl groups is 1. The highest BCUT2D eigenvalue weighted by atomic mass is 79.9. The minimum atomic E-state index is -1.50. The van der Waals surface area contributed by atoms with Crippen molar-refractivity contribution >= 4 is 68.5 Å². The van der Waals surface area contributed by atoms with Gasteiger partial charge in [-0.1, -0.05) is 90.4 Å². The van der Waals surface area contributed by atoms with E-state index >= 15 is 0 Å². The number of nitrogens with zero attached hydrogens (tertiary/aromatic N) is 1. The minimum absolute atomic E-state index is 0.117. The number of hydrogen-bond donors (Lipinski definition) is 1. The Kier molecular flexibility index (Phi) is 12.8. The van der Waals surface area contributed by atoms with E-state index in [0.717, 1.165) is 47.9 Å². The molecule has 1 aliphatic carbocycles. The summed E-state index contributed by atoms with van der Waals surface area (Å²) in [6, 6.07) is 25.2. The van der Waals surface area contributed by atoms with E-state index in [9.17, 15) is 33.9 Å². The first-order valence-electron chi connectivity index (χ1n) is 19.2. The summed E-state index contributed by atoms with van der Waals surface area (Å²) in [5.74, 6) is -4.96. The Morgan fingerprint density at radius 3 is 1.86 bits per heavy atom. The second-order valence-electron chi connectivity index (χ2n) is 14.9. The van der Waals surface area contributed by atoms with E-state index in [-0.39, 0.29) is 24.3 Å². The van der Waals surface area contributed by atoms with Crippen molar-refractivity contribution in [1.82, 2.24) is 0 Å². The van der Waals surface area contributed by atoms with Gasteiger partial charge in [0.05, 0.1) is 17.7 Å². The molecule has 14 nitrogen and oxygen atoms in total. The summed E-state index contributed by atoms with van der Waals surface area (Å²) in [5.41, 5.74) is 2.42. The Morgan fingerprint density at radius 2 is 1.32 bits per heavy atom. The second-order valence-corrected chi connectivity index (χ2v) is 16.3. The van der Waals surface area contributed by atoms with E-state index in [4.69, 9.17) is 28.4 Å². The summed E-state index contributed by atoms with van der Waals surface area (Å²) in [6.07, 6.45) is -7.54. The fourth-order valence-corrected chi connectivity index (χ4v) is 9.33. The zero-order chi connectivity index (χ0) is 42.8. The summed E-state index contributed by atoms with van der Waals surface area (Å²) in [6.45, 7) is 7.74. The molecule has 3 aromatic carbocycles. The highest BCUT2D eigenvalue weighted by Crippen LogP contribution is 2.62. The van der Waals surface area contributed by atoms with Crippen LogP contribution in [0.3, 0.4) is 0 Å². The summed E-state index contributed by atoms with van der Waals surface area (Å²) in [4.78, 5) is 79.0. The molecule has 2 aliphatic heterocycles. The fourth-order valence-electron chi connectivity index (χ4n) is 8.48. The first kappa shape index (κ1) is 43.2. The number of benzene rings is 3. The SMILES string of the molecule is CCC1(Br)C(=O)N(c2ccc(O[C@@H]3O[C@H](COC(C)=O)[C@@H](OC(C)=O)[C@H](OC(C)=O)[C@H]3OC(C)=O)cc2)C(=O)C1C1(C)C(c2ccccc2)=C(c2ccccc2)CC1O. The average molecular weight is 877 g/mol. The predicted molar refractivity (Wildman–Crippen MR) is 215 cm³/mol. The molecule has 1 N–H and O–H groups in total. The van der Waals surface area contributed by atoms with Gasteiger partial charge in [-0.2, -0.15) is 0 Å². The maximum absolute atomic E-state index is 14.9. The molecular formula is C44H46BrNO13. The van der Waals surface area contributed by atoms with Crippen LogP contribution in [0, 0.1) is 11.3 Å². The van der Waals surface area contributed by atoms with Gasteiger partial charge in [0.2, 0.25) is 18.3 Å². The van der Waals surface area contributed by atoms with Gasteiger partial charge < -0.3 is 33.5 Å². The molecule has 15 heteroatoms. The van der Waals surface area contributed by atoms with Gasteiger partial charge in [0.15, 0.2) is 12.2 Å². The van der Waals surface area contributed by atoms with Gasteiger partial charge in [0.25, 0.3) is 5.91 Å². The highest BCUT2D eigenvalue weighted by molar-refractivity contribution is 9.10. The summed E-state index contributed by atoms with van der Waals surface area (Å²) in [5, 5.41) is 12.1. The Hall–Kier alpha value is -5.38. The molecule has 312 valence electrons. The molecule has 2 saturated heterocycles. The van der Waals surface area contributed by atoms with Crippen molar-refractivity contribution in [3.05, 3.63) is 96.1 Å². The smallest absolute Gasteiger partial charge is 0.303 e. The van der Waals surface area contributed by atoms with Crippen LogP contribution in [0.25, 0.3) is 11.1 Å². The van der Waals surface area contributed by atoms with Crippen molar-refractivity contribution in [3.8, 4) is 5.75 Å². The third kappa shape index (κ3) is 8.41. The maximum atomic E-state index is 14.9. The molecular weight excluding hydrogens is 830 g/mol. The van der Waals surface area contributed by atoms with Gasteiger partial charge in [-0.3, -0.25) is 28.8 Å². The third-order valence-electron chi connectivity index (χ3n) is 11.0. The molecule has 2 fully saturated rings. The number of halogens is 1. The van der Waals surface area contributed by atoms with Crippen LogP contribution >= 0.6 is 15.9 Å². The molecule has 4 unspecified atom stereocenters. The van der Waals surface area contributed by atoms with Crippen molar-refractivity contribution in [2.75, 3.05) is 11.5 Å². The van der Waals surface area contributed by atoms with E-state index in [0.29, 0.717) is 0 Å². The average Bonchev–Trinajstić information content (AvgIpc) is 3.57. The van der Waals surface area contributed by atoms with Crippen LogP contribution in [0.1, 0.15) is 65.5 Å². The normalized spacial score (nSPS) is 29.2. The van der Waals surface area contributed by atoms with Gasteiger partial charge in [-0.25, -0.2) is 4.90 Å². The van der Waals surface area contributed by atoms with Crippen molar-refractivity contribution in [1.29, 1.82) is 0 Å². The van der Waals surface area contributed by atoms with E-state index in [1.54, 1.807) is 0 Å². The Bertz CT molecular complexity index is 2130. The van der Waals surface area contributed by atoms with Crippen molar-refractivity contribution < 1.29 is 62.3 Å². The van der Waals surface area contributed by atoms with Crippen LogP contribution in [0.4, 0.5) is 5.69 Å². The molecule has 6 rings (SSSR count). The first-order valence-corrected chi connectivity index (χ1v) is 20.0. The number of carbonyl (C=O) groups excluding carboxylic acids is 6. The van der Waals surface area contributed by atoms with Gasteiger partial charge >= 0.3 is 23.9 Å². The minimum Gasteiger partial charge on any atom is -0.463 e. The zero-order valence-electron chi connectivity index (χ0n) is 33.4. The standard InChI is InChI=1S/C44H46BrNO13/c1-7-44(45)39(43(6)34(51)22-32(28-14-10-8-11-15-28)35(43)29-16-12-9-13-17-29)40(52)46(42(44)53)30-18-20-31(21-19-30)58-41-38(57-27(5)50)37(56-26(4)49)36(55-25(3)48)33(59-41)23-54-24(2)47/h8-21,33-34,36-39,41,51H,7,22-23H2,1-6H3/t33-,34?,36-,37+,38-,39?,41-,43?,44?/m1/s1. The Labute approximate surface area is 349 Å². The zero-order valence-corrected chi connectivity index (χ0v) is 35.0. The number of anilines is 1. The maximum Gasteiger partial charge on any atom is 0.303 e. The first-order chi connectivity index (χ1) is 28.0. The molecule has 9 atom stereocenters. The van der Waals surface area contributed by atoms with E-state index in [1.165, 1.54) is 31.2 Å². The molecule has 2 amide bonds. The van der Waals surface area contributed by atoms with E-state index in [2.05, 4.69) is 15.9 Å². The monoisotopic (exact) mass is 875 g/mol. The van der Waals surface area contributed by atoms with E-state index < -0.39 is 94.8 Å². The van der Waals surface area contributed by atoms with Crippen LogP contribution in [0.15, 0.2) is 84.9 Å². The lowest BCUT2D eigenvalue weighted by Gasteiger charge is -2.43. The number of esters is 4. The van der Waals surface area contributed by atoms with Crippen LogP contribution in [0.2, 0.25) is 0 Å². The van der Waals surface area contributed by atoms with Gasteiger partial charge in [0.1, 0.15) is 22.8 Å². The van der Waals surface area contributed by atoms with Crippen molar-refractivity contribution in [3.63, 3.8) is 0 Å². The molecule has 3 aliphatic rings. The number of amides is 2. The number of rotatable bonds is 12. The highest BCUT2D eigenvalue weighted by Gasteiger charge is 2.67. The molecule has 59 heavy (non-hydrogen) atoms. The van der Waals surface area contributed by atoms with Crippen molar-refractivity contribution in [2.24, 2.45) is 11.3 Å². The van der Waals surface area contributed by atoms with Crippen LogP contribution in [-0.4, -0.2) is 88.5 Å². The number of imide groups is 1. The summed E-state index contributed by atoms with van der Waals surface area (Å²) in [7, 11) is 0.